The highest BCUT2D eigenvalue weighted by molar-refractivity contribution is 5.74. The minimum absolute atomic E-state index is 0.168. The van der Waals surface area contributed by atoms with E-state index in [2.05, 4.69) is 6.92 Å². The summed E-state index contributed by atoms with van der Waals surface area (Å²) in [6.07, 6.45) is 0.864. The fraction of sp³-hybridized carbons (Fsp3) is 0.364. The number of ether oxygens (including phenoxy) is 1. The lowest BCUT2D eigenvalue weighted by molar-refractivity contribution is -0.0500. The molecule has 0 radical (unpaired) electrons. The molecule has 0 bridgehead atoms. The first-order valence-corrected chi connectivity index (χ1v) is 4.38. The number of aldehydes is 1. The van der Waals surface area contributed by atoms with Crippen LogP contribution in [-0.2, 0) is 10.2 Å². The van der Waals surface area contributed by atoms with E-state index in [0.717, 1.165) is 25.1 Å². The van der Waals surface area contributed by atoms with Crippen LogP contribution in [0.1, 0.15) is 22.8 Å². The second-order valence-corrected chi connectivity index (χ2v) is 3.79. The van der Waals surface area contributed by atoms with Gasteiger partial charge in [-0.15, -0.1) is 0 Å². The van der Waals surface area contributed by atoms with Gasteiger partial charge in [0.1, 0.15) is 6.29 Å². The van der Waals surface area contributed by atoms with Crippen molar-refractivity contribution in [1.82, 2.24) is 0 Å². The molecule has 1 heterocycles. The lowest BCUT2D eigenvalue weighted by atomic mass is 9.81. The topological polar surface area (TPSA) is 26.3 Å². The Morgan fingerprint density at radius 1 is 1.31 bits per heavy atom. The number of carbonyl (C=O) groups excluding carboxylic acids is 1. The van der Waals surface area contributed by atoms with Crippen molar-refractivity contribution in [3.63, 3.8) is 0 Å². The summed E-state index contributed by atoms with van der Waals surface area (Å²) in [5, 5.41) is 0. The predicted molar refractivity (Wildman–Crippen MR) is 50.0 cm³/mol. The average Bonchev–Trinajstić information content (AvgIpc) is 2.14. The number of hydrogen-bond donors (Lipinski definition) is 0. The van der Waals surface area contributed by atoms with Gasteiger partial charge in [0.05, 0.1) is 13.2 Å². The summed E-state index contributed by atoms with van der Waals surface area (Å²) in [7, 11) is 0. The zero-order chi connectivity index (χ0) is 9.31. The minimum Gasteiger partial charge on any atom is -0.379 e. The molecule has 0 unspecified atom stereocenters. The lowest BCUT2D eigenvalue weighted by Gasteiger charge is -2.38. The van der Waals surface area contributed by atoms with Gasteiger partial charge in [-0.05, 0) is 5.56 Å². The molecule has 2 heteroatoms. The van der Waals surface area contributed by atoms with E-state index in [-0.39, 0.29) is 5.41 Å². The van der Waals surface area contributed by atoms with Crippen LogP contribution in [0.2, 0.25) is 0 Å². The fourth-order valence-corrected chi connectivity index (χ4v) is 1.54. The van der Waals surface area contributed by atoms with Crippen LogP contribution < -0.4 is 0 Å². The quantitative estimate of drug-likeness (QED) is 0.642. The Morgan fingerprint density at radius 2 is 1.92 bits per heavy atom. The van der Waals surface area contributed by atoms with Crippen molar-refractivity contribution in [2.75, 3.05) is 13.2 Å². The molecular formula is C11H12O2. The molecule has 0 aliphatic carbocycles. The summed E-state index contributed by atoms with van der Waals surface area (Å²) in [5.74, 6) is 0. The van der Waals surface area contributed by atoms with Crippen molar-refractivity contribution in [1.29, 1.82) is 0 Å². The Hall–Kier alpha value is -1.15. The first-order chi connectivity index (χ1) is 6.24. The highest BCUT2D eigenvalue weighted by Gasteiger charge is 2.34. The molecule has 0 N–H and O–H groups in total. The summed E-state index contributed by atoms with van der Waals surface area (Å²) >= 11 is 0. The molecule has 0 saturated carbocycles. The maximum Gasteiger partial charge on any atom is 0.150 e. The van der Waals surface area contributed by atoms with Crippen LogP contribution in [0.5, 0.6) is 0 Å². The molecule has 0 atom stereocenters. The maximum absolute atomic E-state index is 10.4. The van der Waals surface area contributed by atoms with Crippen molar-refractivity contribution in [2.24, 2.45) is 0 Å². The van der Waals surface area contributed by atoms with Gasteiger partial charge in [0.25, 0.3) is 0 Å². The number of rotatable bonds is 2. The lowest BCUT2D eigenvalue weighted by Crippen LogP contribution is -2.43. The molecular weight excluding hydrogens is 164 g/mol. The van der Waals surface area contributed by atoms with Crippen LogP contribution in [0.15, 0.2) is 24.3 Å². The number of carbonyl (C=O) groups is 1. The molecule has 1 saturated heterocycles. The standard InChI is InChI=1S/C11H12O2/c1-11(7-13-8-11)10-4-2-9(6-12)3-5-10/h2-6H,7-8H2,1H3. The van der Waals surface area contributed by atoms with Crippen LogP contribution in [0.3, 0.4) is 0 Å². The number of hydrogen-bond acceptors (Lipinski definition) is 2. The van der Waals surface area contributed by atoms with Crippen molar-refractivity contribution >= 4 is 6.29 Å². The second-order valence-electron chi connectivity index (χ2n) is 3.79. The van der Waals surface area contributed by atoms with Gasteiger partial charge < -0.3 is 4.74 Å². The molecule has 1 aromatic rings. The highest BCUT2D eigenvalue weighted by atomic mass is 16.5. The molecule has 2 rings (SSSR count). The van der Waals surface area contributed by atoms with Crippen molar-refractivity contribution < 1.29 is 9.53 Å². The van der Waals surface area contributed by atoms with Gasteiger partial charge in [-0.1, -0.05) is 31.2 Å². The first-order valence-electron chi connectivity index (χ1n) is 4.38. The normalized spacial score (nSPS) is 19.2. The molecule has 68 valence electrons. The monoisotopic (exact) mass is 176 g/mol. The van der Waals surface area contributed by atoms with Crippen molar-refractivity contribution in [3.05, 3.63) is 35.4 Å². The highest BCUT2D eigenvalue weighted by Crippen LogP contribution is 2.31. The zero-order valence-electron chi connectivity index (χ0n) is 7.62. The first kappa shape index (κ1) is 8.45. The van der Waals surface area contributed by atoms with E-state index >= 15 is 0 Å². The summed E-state index contributed by atoms with van der Waals surface area (Å²) in [4.78, 5) is 10.4. The van der Waals surface area contributed by atoms with Crippen LogP contribution in [-0.4, -0.2) is 19.5 Å². The summed E-state index contributed by atoms with van der Waals surface area (Å²) in [5.41, 5.74) is 2.15. The third-order valence-corrected chi connectivity index (χ3v) is 2.58. The third kappa shape index (κ3) is 1.38. The third-order valence-electron chi connectivity index (χ3n) is 2.58. The Kier molecular flexibility index (Phi) is 1.93. The second kappa shape index (κ2) is 2.96. The van der Waals surface area contributed by atoms with E-state index in [4.69, 9.17) is 4.74 Å². The Labute approximate surface area is 77.5 Å². The molecule has 0 spiro atoms. The minimum atomic E-state index is 0.168. The molecule has 0 aromatic heterocycles. The summed E-state index contributed by atoms with van der Waals surface area (Å²) < 4.78 is 5.18. The largest absolute Gasteiger partial charge is 0.379 e. The van der Waals surface area contributed by atoms with E-state index in [1.54, 1.807) is 0 Å². The smallest absolute Gasteiger partial charge is 0.150 e. The van der Waals surface area contributed by atoms with Gasteiger partial charge in [-0.3, -0.25) is 4.79 Å². The fourth-order valence-electron chi connectivity index (χ4n) is 1.54. The van der Waals surface area contributed by atoms with Crippen molar-refractivity contribution in [3.8, 4) is 0 Å². The van der Waals surface area contributed by atoms with Crippen LogP contribution in [0.25, 0.3) is 0 Å². The molecule has 1 fully saturated rings. The zero-order valence-corrected chi connectivity index (χ0v) is 7.62. The van der Waals surface area contributed by atoms with Crippen LogP contribution in [0.4, 0.5) is 0 Å². The van der Waals surface area contributed by atoms with Gasteiger partial charge in [0.15, 0.2) is 0 Å². The van der Waals surface area contributed by atoms with E-state index in [1.165, 1.54) is 5.56 Å². The molecule has 1 aliphatic rings. The van der Waals surface area contributed by atoms with E-state index < -0.39 is 0 Å². The SMILES string of the molecule is CC1(c2ccc(C=O)cc2)COC1. The number of benzene rings is 1. The van der Waals surface area contributed by atoms with E-state index in [0.29, 0.717) is 0 Å². The van der Waals surface area contributed by atoms with Gasteiger partial charge in [0.2, 0.25) is 0 Å². The predicted octanol–water partition coefficient (Wildman–Crippen LogP) is 1.79. The summed E-state index contributed by atoms with van der Waals surface area (Å²) in [6, 6.07) is 7.72. The average molecular weight is 176 g/mol. The van der Waals surface area contributed by atoms with E-state index in [9.17, 15) is 4.79 Å². The summed E-state index contributed by atoms with van der Waals surface area (Å²) in [6.45, 7) is 3.74. The van der Waals surface area contributed by atoms with Gasteiger partial charge in [-0.2, -0.15) is 0 Å². The Bertz CT molecular complexity index is 309. The van der Waals surface area contributed by atoms with Gasteiger partial charge in [0, 0.05) is 11.0 Å². The molecule has 1 aliphatic heterocycles. The van der Waals surface area contributed by atoms with Crippen LogP contribution in [0, 0.1) is 0 Å². The molecule has 0 amide bonds. The van der Waals surface area contributed by atoms with Crippen molar-refractivity contribution in [2.45, 2.75) is 12.3 Å². The Balaban J connectivity index is 2.27. The maximum atomic E-state index is 10.4. The molecule has 13 heavy (non-hydrogen) atoms. The van der Waals surface area contributed by atoms with Crippen LogP contribution >= 0.6 is 0 Å². The van der Waals surface area contributed by atoms with Gasteiger partial charge >= 0.3 is 0 Å². The molecule has 1 aromatic carbocycles. The molecule has 2 nitrogen and oxygen atoms in total. The van der Waals surface area contributed by atoms with E-state index in [1.807, 2.05) is 24.3 Å². The Morgan fingerprint density at radius 3 is 2.31 bits per heavy atom. The van der Waals surface area contributed by atoms with Gasteiger partial charge in [-0.25, -0.2) is 0 Å².